The standard InChI is InChI=1S/C21H18F4N2O2.C10H9N3O.C2H6/c22-14-2-1-3-17(8-14)27(12-28)21(19(29)26-16-10-20(24,25)11-16)7-6-13-4-5-15(23)9-18(13)21;11-7-8-3-4-12-9(6-8)13-5-1-2-10(13)14;1-2/h1-5,8-9,12,16H,6-7,10-11H2,(H,26,29);3-4,6H,1-2,5H2;1-2H3/t21-;;/m1../s1. The Hall–Kier alpha value is -4.79. The number of anilines is 2. The van der Waals surface area contributed by atoms with Gasteiger partial charge >= 0.3 is 0 Å². The molecule has 1 atom stereocenters. The van der Waals surface area contributed by atoms with Gasteiger partial charge in [-0.1, -0.05) is 26.0 Å². The monoisotopic (exact) mass is 623 g/mol. The lowest BCUT2D eigenvalue weighted by molar-refractivity contribution is -0.135. The zero-order chi connectivity index (χ0) is 32.8. The quantitative estimate of drug-likeness (QED) is 0.277. The first kappa shape index (κ1) is 33.1. The number of nitrogens with one attached hydrogen (secondary N) is 1. The highest BCUT2D eigenvalue weighted by Gasteiger charge is 2.53. The predicted molar refractivity (Wildman–Crippen MR) is 159 cm³/mol. The van der Waals surface area contributed by atoms with Gasteiger partial charge in [0.2, 0.25) is 12.3 Å². The lowest BCUT2D eigenvalue weighted by Gasteiger charge is -2.42. The maximum atomic E-state index is 14.0. The summed E-state index contributed by atoms with van der Waals surface area (Å²) < 4.78 is 54.3. The molecule has 3 aliphatic rings. The van der Waals surface area contributed by atoms with Crippen LogP contribution in [0.3, 0.4) is 0 Å². The third kappa shape index (κ3) is 6.98. The van der Waals surface area contributed by atoms with Crippen LogP contribution in [0.1, 0.15) is 62.6 Å². The number of amides is 3. The molecule has 1 saturated heterocycles. The molecule has 3 amide bonds. The molecule has 6 rings (SSSR count). The van der Waals surface area contributed by atoms with Crippen molar-refractivity contribution in [3.05, 3.63) is 89.1 Å². The molecule has 1 aliphatic heterocycles. The van der Waals surface area contributed by atoms with E-state index in [1.165, 1.54) is 36.4 Å². The molecule has 8 nitrogen and oxygen atoms in total. The molecule has 45 heavy (non-hydrogen) atoms. The Balaban J connectivity index is 0.000000241. The summed E-state index contributed by atoms with van der Waals surface area (Å²) in [7, 11) is 0. The Labute approximate surface area is 258 Å². The number of alkyl halides is 2. The number of carbonyl (C=O) groups excluding carboxylic acids is 3. The fourth-order valence-corrected chi connectivity index (χ4v) is 5.79. The summed E-state index contributed by atoms with van der Waals surface area (Å²) in [5.74, 6) is -4.04. The SMILES string of the molecule is CC.N#Cc1ccnc(N2CCCC2=O)c1.O=CN(c1cccc(F)c1)[C@]1(C(=O)NC2CC(F)(F)C2)CCc2ccc(F)cc21. The highest BCUT2D eigenvalue weighted by molar-refractivity contribution is 5.98. The van der Waals surface area contributed by atoms with Crippen molar-refractivity contribution in [1.82, 2.24) is 10.3 Å². The van der Waals surface area contributed by atoms with Crippen molar-refractivity contribution in [2.75, 3.05) is 16.3 Å². The van der Waals surface area contributed by atoms with E-state index in [0.717, 1.165) is 17.4 Å². The molecule has 1 N–H and O–H groups in total. The minimum atomic E-state index is -2.84. The normalized spacial score (nSPS) is 19.5. The summed E-state index contributed by atoms with van der Waals surface area (Å²) in [6, 6.07) is 13.7. The summed E-state index contributed by atoms with van der Waals surface area (Å²) >= 11 is 0. The summed E-state index contributed by atoms with van der Waals surface area (Å²) in [4.78, 5) is 43.6. The van der Waals surface area contributed by atoms with Crippen molar-refractivity contribution in [2.24, 2.45) is 0 Å². The number of carbonyl (C=O) groups is 3. The van der Waals surface area contributed by atoms with Gasteiger partial charge in [-0.2, -0.15) is 5.26 Å². The van der Waals surface area contributed by atoms with E-state index in [-0.39, 0.29) is 23.6 Å². The molecular weight excluding hydrogens is 590 g/mol. The molecule has 2 aromatic carbocycles. The van der Waals surface area contributed by atoms with Crippen molar-refractivity contribution < 1.29 is 31.9 Å². The number of rotatable bonds is 6. The molecular formula is C33H33F4N5O3. The summed E-state index contributed by atoms with van der Waals surface area (Å²) in [6.45, 7) is 4.71. The zero-order valence-corrected chi connectivity index (χ0v) is 24.9. The van der Waals surface area contributed by atoms with E-state index in [1.54, 1.807) is 23.2 Å². The minimum absolute atomic E-state index is 0.0904. The van der Waals surface area contributed by atoms with Crippen LogP contribution in [0.25, 0.3) is 0 Å². The topological polar surface area (TPSA) is 106 Å². The van der Waals surface area contributed by atoms with Gasteiger partial charge in [-0.3, -0.25) is 24.2 Å². The van der Waals surface area contributed by atoms with Crippen molar-refractivity contribution in [3.8, 4) is 6.07 Å². The van der Waals surface area contributed by atoms with Gasteiger partial charge in [0.1, 0.15) is 17.5 Å². The second-order valence-corrected chi connectivity index (χ2v) is 10.7. The Morgan fingerprint density at radius 2 is 1.82 bits per heavy atom. The Morgan fingerprint density at radius 3 is 2.44 bits per heavy atom. The number of aryl methyl sites for hydroxylation is 1. The van der Waals surface area contributed by atoms with Gasteiger partial charge in [0, 0.05) is 43.7 Å². The molecule has 2 aliphatic carbocycles. The molecule has 1 aromatic heterocycles. The largest absolute Gasteiger partial charge is 0.351 e. The number of pyridine rings is 1. The molecule has 12 heteroatoms. The average Bonchev–Trinajstić information content (AvgIpc) is 3.62. The van der Waals surface area contributed by atoms with Gasteiger partial charge in [-0.25, -0.2) is 22.5 Å². The molecule has 0 radical (unpaired) electrons. The summed E-state index contributed by atoms with van der Waals surface area (Å²) in [5.41, 5.74) is -0.0558. The lowest BCUT2D eigenvalue weighted by Crippen LogP contribution is -2.60. The number of benzene rings is 2. The third-order valence-electron chi connectivity index (χ3n) is 7.90. The van der Waals surface area contributed by atoms with Gasteiger partial charge in [0.05, 0.1) is 11.6 Å². The summed E-state index contributed by atoms with van der Waals surface area (Å²) in [6.07, 6.45) is 2.91. The van der Waals surface area contributed by atoms with Crippen LogP contribution in [0.5, 0.6) is 0 Å². The second-order valence-electron chi connectivity index (χ2n) is 10.7. The Kier molecular flexibility index (Phi) is 10.2. The van der Waals surface area contributed by atoms with Crippen LogP contribution in [0.2, 0.25) is 0 Å². The molecule has 0 spiro atoms. The van der Waals surface area contributed by atoms with Crippen LogP contribution in [0, 0.1) is 23.0 Å². The van der Waals surface area contributed by atoms with Crippen molar-refractivity contribution in [3.63, 3.8) is 0 Å². The van der Waals surface area contributed by atoms with Crippen molar-refractivity contribution in [2.45, 2.75) is 69.9 Å². The van der Waals surface area contributed by atoms with Crippen LogP contribution >= 0.6 is 0 Å². The minimum Gasteiger partial charge on any atom is -0.351 e. The number of nitrogens with zero attached hydrogens (tertiary/aromatic N) is 4. The predicted octanol–water partition coefficient (Wildman–Crippen LogP) is 5.79. The molecule has 236 valence electrons. The van der Waals surface area contributed by atoms with Crippen LogP contribution in [-0.4, -0.2) is 41.7 Å². The number of aromatic nitrogens is 1. The van der Waals surface area contributed by atoms with Gasteiger partial charge < -0.3 is 5.32 Å². The fourth-order valence-electron chi connectivity index (χ4n) is 5.79. The first-order valence-electron chi connectivity index (χ1n) is 14.7. The lowest BCUT2D eigenvalue weighted by atomic mass is 9.84. The molecule has 0 bridgehead atoms. The van der Waals surface area contributed by atoms with Gasteiger partial charge in [-0.05, 0) is 72.9 Å². The highest BCUT2D eigenvalue weighted by Crippen LogP contribution is 2.45. The van der Waals surface area contributed by atoms with Crippen LogP contribution in [0.15, 0.2) is 60.8 Å². The Bertz CT molecular complexity index is 1600. The van der Waals surface area contributed by atoms with E-state index < -0.39 is 47.9 Å². The van der Waals surface area contributed by atoms with Crippen molar-refractivity contribution >= 4 is 29.7 Å². The maximum absolute atomic E-state index is 14.0. The average molecular weight is 624 g/mol. The number of hydrogen-bond donors (Lipinski definition) is 1. The molecule has 2 heterocycles. The first-order valence-corrected chi connectivity index (χ1v) is 14.7. The van der Waals surface area contributed by atoms with E-state index in [1.807, 2.05) is 19.9 Å². The second kappa shape index (κ2) is 13.9. The zero-order valence-electron chi connectivity index (χ0n) is 24.9. The third-order valence-corrected chi connectivity index (χ3v) is 7.90. The molecule has 0 unspecified atom stereocenters. The van der Waals surface area contributed by atoms with Crippen LogP contribution < -0.4 is 15.1 Å². The van der Waals surface area contributed by atoms with Crippen LogP contribution in [0.4, 0.5) is 29.1 Å². The fraction of sp³-hybridized carbons (Fsp3) is 0.364. The number of halogens is 4. The van der Waals surface area contributed by atoms with E-state index in [4.69, 9.17) is 5.26 Å². The molecule has 3 aromatic rings. The van der Waals surface area contributed by atoms with E-state index in [0.29, 0.717) is 42.7 Å². The molecule has 1 saturated carbocycles. The number of hydrogen-bond acceptors (Lipinski definition) is 5. The van der Waals surface area contributed by atoms with Crippen LogP contribution in [-0.2, 0) is 26.3 Å². The van der Waals surface area contributed by atoms with Crippen molar-refractivity contribution in [1.29, 1.82) is 5.26 Å². The van der Waals surface area contributed by atoms with E-state index in [9.17, 15) is 31.9 Å². The number of nitriles is 1. The smallest absolute Gasteiger partial charge is 0.252 e. The highest BCUT2D eigenvalue weighted by atomic mass is 19.3. The van der Waals surface area contributed by atoms with Gasteiger partial charge in [0.25, 0.3) is 11.8 Å². The number of fused-ring (bicyclic) bond motifs is 1. The maximum Gasteiger partial charge on any atom is 0.252 e. The van der Waals surface area contributed by atoms with Gasteiger partial charge in [0.15, 0.2) is 5.54 Å². The Morgan fingerprint density at radius 1 is 1.09 bits per heavy atom. The molecule has 2 fully saturated rings. The summed E-state index contributed by atoms with van der Waals surface area (Å²) in [5, 5.41) is 11.3. The van der Waals surface area contributed by atoms with E-state index >= 15 is 0 Å². The first-order chi connectivity index (χ1) is 21.6. The van der Waals surface area contributed by atoms with Gasteiger partial charge in [-0.15, -0.1) is 0 Å². The van der Waals surface area contributed by atoms with E-state index in [2.05, 4.69) is 10.3 Å².